The fourth-order valence-electron chi connectivity index (χ4n) is 4.55. The van der Waals surface area contributed by atoms with Gasteiger partial charge in [-0.15, -0.1) is 0 Å². The van der Waals surface area contributed by atoms with Crippen LogP contribution in [-0.4, -0.2) is 56.5 Å². The normalized spacial score (nSPS) is 34.0. The Balaban J connectivity index is 1.44. The van der Waals surface area contributed by atoms with Crippen LogP contribution in [0.15, 0.2) is 0 Å². The summed E-state index contributed by atoms with van der Waals surface area (Å²) in [5, 5.41) is 3.57. The Hall–Kier alpha value is -0.130. The van der Waals surface area contributed by atoms with Crippen molar-refractivity contribution in [2.45, 2.75) is 69.9 Å². The first-order chi connectivity index (χ1) is 10.6. The van der Waals surface area contributed by atoms with Crippen molar-refractivity contribution in [2.75, 3.05) is 31.1 Å². The van der Waals surface area contributed by atoms with Crippen LogP contribution in [0.3, 0.4) is 0 Å². The zero-order valence-electron chi connectivity index (χ0n) is 13.8. The van der Waals surface area contributed by atoms with E-state index in [-0.39, 0.29) is 6.04 Å². The van der Waals surface area contributed by atoms with Gasteiger partial charge >= 0.3 is 0 Å². The molecule has 5 heteroatoms. The third-order valence-electron chi connectivity index (χ3n) is 5.82. The highest BCUT2D eigenvalue weighted by atomic mass is 32.2. The smallest absolute Gasteiger partial charge is 0.151 e. The lowest BCUT2D eigenvalue weighted by Gasteiger charge is -2.32. The predicted molar refractivity (Wildman–Crippen MR) is 90.8 cm³/mol. The maximum Gasteiger partial charge on any atom is 0.151 e. The van der Waals surface area contributed by atoms with Gasteiger partial charge in [0.25, 0.3) is 0 Å². The molecule has 128 valence electrons. The molecule has 3 rings (SSSR count). The van der Waals surface area contributed by atoms with Crippen molar-refractivity contribution >= 4 is 9.84 Å². The topological polar surface area (TPSA) is 49.4 Å². The Bertz CT molecular complexity index is 446. The molecule has 2 heterocycles. The second-order valence-corrected chi connectivity index (χ2v) is 9.89. The quantitative estimate of drug-likeness (QED) is 0.840. The summed E-state index contributed by atoms with van der Waals surface area (Å²) in [5.74, 6) is 1.65. The fraction of sp³-hybridized carbons (Fsp3) is 1.00. The minimum Gasteiger partial charge on any atom is -0.311 e. The van der Waals surface area contributed by atoms with E-state index in [2.05, 4.69) is 10.2 Å². The molecule has 0 amide bonds. The summed E-state index contributed by atoms with van der Waals surface area (Å²) in [5.41, 5.74) is 0. The van der Waals surface area contributed by atoms with Gasteiger partial charge in [0.15, 0.2) is 9.84 Å². The maximum absolute atomic E-state index is 11.7. The van der Waals surface area contributed by atoms with Gasteiger partial charge < -0.3 is 5.32 Å². The minimum absolute atomic E-state index is 0.191. The number of nitrogens with one attached hydrogen (secondary N) is 1. The van der Waals surface area contributed by atoms with Gasteiger partial charge in [0, 0.05) is 25.2 Å². The molecule has 2 aliphatic heterocycles. The van der Waals surface area contributed by atoms with E-state index < -0.39 is 9.84 Å². The molecule has 0 spiro atoms. The molecule has 0 aromatic carbocycles. The SMILES string of the molecule is O=S1(=O)CCC[C@H](NC[C@@H]2CCCN2CC2CCCCC2)C1. The highest BCUT2D eigenvalue weighted by Gasteiger charge is 2.29. The molecule has 0 aromatic rings. The molecule has 0 radical (unpaired) electrons. The van der Waals surface area contributed by atoms with Crippen LogP contribution in [0.1, 0.15) is 57.8 Å². The Kier molecular flexibility index (Phi) is 5.80. The predicted octanol–water partition coefficient (Wildman–Crippen LogP) is 2.20. The summed E-state index contributed by atoms with van der Waals surface area (Å²) in [6, 6.07) is 0.822. The zero-order valence-corrected chi connectivity index (χ0v) is 14.6. The zero-order chi connectivity index (χ0) is 15.4. The first kappa shape index (κ1) is 16.7. The highest BCUT2D eigenvalue weighted by Crippen LogP contribution is 2.27. The van der Waals surface area contributed by atoms with Gasteiger partial charge in [-0.05, 0) is 51.0 Å². The van der Waals surface area contributed by atoms with Crippen molar-refractivity contribution < 1.29 is 8.42 Å². The summed E-state index contributed by atoms with van der Waals surface area (Å²) in [6.45, 7) is 3.49. The Morgan fingerprint density at radius 1 is 0.955 bits per heavy atom. The maximum atomic E-state index is 11.7. The Labute approximate surface area is 135 Å². The van der Waals surface area contributed by atoms with Gasteiger partial charge in [-0.25, -0.2) is 8.42 Å². The lowest BCUT2D eigenvalue weighted by Crippen LogP contribution is -2.47. The van der Waals surface area contributed by atoms with Crippen LogP contribution in [0.25, 0.3) is 0 Å². The highest BCUT2D eigenvalue weighted by molar-refractivity contribution is 7.91. The molecule has 1 aliphatic carbocycles. The third kappa shape index (κ3) is 4.68. The summed E-state index contributed by atoms with van der Waals surface area (Å²) in [6.07, 6.45) is 11.5. The van der Waals surface area contributed by atoms with Crippen molar-refractivity contribution in [3.8, 4) is 0 Å². The summed E-state index contributed by atoms with van der Waals surface area (Å²) < 4.78 is 23.5. The number of rotatable bonds is 5. The monoisotopic (exact) mass is 328 g/mol. The molecule has 1 saturated carbocycles. The van der Waals surface area contributed by atoms with Crippen LogP contribution in [0.2, 0.25) is 0 Å². The Morgan fingerprint density at radius 3 is 2.55 bits per heavy atom. The number of sulfone groups is 1. The van der Waals surface area contributed by atoms with Crippen molar-refractivity contribution in [3.63, 3.8) is 0 Å². The van der Waals surface area contributed by atoms with Crippen LogP contribution in [0.5, 0.6) is 0 Å². The first-order valence-corrected chi connectivity index (χ1v) is 11.1. The van der Waals surface area contributed by atoms with E-state index in [0.717, 1.165) is 25.3 Å². The van der Waals surface area contributed by atoms with Gasteiger partial charge in [0.05, 0.1) is 11.5 Å². The van der Waals surface area contributed by atoms with Crippen LogP contribution in [0, 0.1) is 5.92 Å². The molecule has 3 aliphatic rings. The fourth-order valence-corrected chi connectivity index (χ4v) is 6.23. The van der Waals surface area contributed by atoms with Crippen LogP contribution in [0.4, 0.5) is 0 Å². The van der Waals surface area contributed by atoms with Crippen LogP contribution >= 0.6 is 0 Å². The van der Waals surface area contributed by atoms with Gasteiger partial charge in [-0.1, -0.05) is 19.3 Å². The molecule has 0 bridgehead atoms. The van der Waals surface area contributed by atoms with Crippen molar-refractivity contribution in [1.29, 1.82) is 0 Å². The molecule has 0 aromatic heterocycles. The first-order valence-electron chi connectivity index (χ1n) is 9.30. The van der Waals surface area contributed by atoms with E-state index >= 15 is 0 Å². The molecular formula is C17H32N2O2S. The van der Waals surface area contributed by atoms with Gasteiger partial charge in [-0.3, -0.25) is 4.90 Å². The molecule has 4 nitrogen and oxygen atoms in total. The van der Waals surface area contributed by atoms with Crippen molar-refractivity contribution in [2.24, 2.45) is 5.92 Å². The number of nitrogens with zero attached hydrogens (tertiary/aromatic N) is 1. The minimum atomic E-state index is -2.79. The molecule has 1 N–H and O–H groups in total. The number of hydrogen-bond donors (Lipinski definition) is 1. The standard InChI is InChI=1S/C17H32N2O2S/c20-22(21)11-5-8-16(14-22)18-12-17-9-4-10-19(17)13-15-6-2-1-3-7-15/h15-18H,1-14H2/t16-,17-/m0/s1. The van der Waals surface area contributed by atoms with Crippen LogP contribution in [-0.2, 0) is 9.84 Å². The van der Waals surface area contributed by atoms with E-state index in [0.29, 0.717) is 17.5 Å². The van der Waals surface area contributed by atoms with E-state index in [1.807, 2.05) is 0 Å². The molecule has 2 atom stereocenters. The van der Waals surface area contributed by atoms with Gasteiger partial charge in [-0.2, -0.15) is 0 Å². The second kappa shape index (κ2) is 7.63. The average molecular weight is 329 g/mol. The summed E-state index contributed by atoms with van der Waals surface area (Å²) in [7, 11) is -2.79. The molecule has 0 unspecified atom stereocenters. The third-order valence-corrected chi connectivity index (χ3v) is 7.64. The van der Waals surface area contributed by atoms with Crippen molar-refractivity contribution in [3.05, 3.63) is 0 Å². The second-order valence-electron chi connectivity index (χ2n) is 7.66. The summed E-state index contributed by atoms with van der Waals surface area (Å²) in [4.78, 5) is 2.68. The lowest BCUT2D eigenvalue weighted by molar-refractivity contribution is 0.182. The van der Waals surface area contributed by atoms with E-state index in [9.17, 15) is 8.42 Å². The molecule has 22 heavy (non-hydrogen) atoms. The molecular weight excluding hydrogens is 296 g/mol. The number of likely N-dealkylation sites (tertiary alicyclic amines) is 1. The molecule has 2 saturated heterocycles. The van der Waals surface area contributed by atoms with Crippen LogP contribution < -0.4 is 5.32 Å². The van der Waals surface area contributed by atoms with Crippen molar-refractivity contribution in [1.82, 2.24) is 10.2 Å². The lowest BCUT2D eigenvalue weighted by atomic mass is 9.89. The summed E-state index contributed by atoms with van der Waals surface area (Å²) >= 11 is 0. The van der Waals surface area contributed by atoms with Gasteiger partial charge in [0.1, 0.15) is 0 Å². The van der Waals surface area contributed by atoms with E-state index in [1.54, 1.807) is 0 Å². The largest absolute Gasteiger partial charge is 0.311 e. The molecule has 3 fully saturated rings. The average Bonchev–Trinajstić information content (AvgIpc) is 2.92. The van der Waals surface area contributed by atoms with Gasteiger partial charge in [0.2, 0.25) is 0 Å². The van der Waals surface area contributed by atoms with E-state index in [4.69, 9.17) is 0 Å². The number of hydrogen-bond acceptors (Lipinski definition) is 4. The Morgan fingerprint density at radius 2 is 1.77 bits per heavy atom. The van der Waals surface area contributed by atoms with E-state index in [1.165, 1.54) is 58.0 Å².